The summed E-state index contributed by atoms with van der Waals surface area (Å²) in [4.78, 5) is 172. The number of halogens is 4. The van der Waals surface area contributed by atoms with Gasteiger partial charge in [0.25, 0.3) is 0 Å². The van der Waals surface area contributed by atoms with Crippen LogP contribution in [0.4, 0.5) is 13.2 Å². The van der Waals surface area contributed by atoms with Gasteiger partial charge in [-0.3, -0.25) is 52.7 Å². The molecule has 524 valence electrons. The van der Waals surface area contributed by atoms with Crippen LogP contribution in [0.5, 0.6) is 0 Å². The van der Waals surface area contributed by atoms with Crippen LogP contribution in [0, 0.1) is 23.7 Å². The zero-order chi connectivity index (χ0) is 69.3. The van der Waals surface area contributed by atoms with Gasteiger partial charge in [0, 0.05) is 60.8 Å². The first-order valence-electron chi connectivity index (χ1n) is 34.3. The van der Waals surface area contributed by atoms with E-state index in [4.69, 9.17) is 11.6 Å². The van der Waals surface area contributed by atoms with Crippen molar-refractivity contribution in [1.82, 2.24) is 55.6 Å². The van der Waals surface area contributed by atoms with Crippen molar-refractivity contribution in [2.24, 2.45) is 23.7 Å². The summed E-state index contributed by atoms with van der Waals surface area (Å²) in [5.74, 6) is -7.12. The number of hydrogen-bond donors (Lipinski definition) is 4. The van der Waals surface area contributed by atoms with E-state index in [0.29, 0.717) is 44.1 Å². The van der Waals surface area contributed by atoms with Gasteiger partial charge in [0.15, 0.2) is 0 Å². The molecule has 0 aromatic heterocycles. The summed E-state index contributed by atoms with van der Waals surface area (Å²) in [6.45, 7) is 10.3. The van der Waals surface area contributed by atoms with Crippen LogP contribution in [0.3, 0.4) is 0 Å². The number of aryl methyl sites for hydroxylation is 1. The van der Waals surface area contributed by atoms with Crippen LogP contribution in [0.25, 0.3) is 0 Å². The second-order valence-corrected chi connectivity index (χ2v) is 28.7. The molecule has 0 bridgehead atoms. The van der Waals surface area contributed by atoms with E-state index in [-0.39, 0.29) is 88.6 Å². The van der Waals surface area contributed by atoms with Crippen molar-refractivity contribution < 1.29 is 65.9 Å². The fraction of sp³-hybridized carbons (Fsp3) is 0.750. The lowest BCUT2D eigenvalue weighted by Gasteiger charge is -2.45. The number of alkyl halides is 3. The van der Waals surface area contributed by atoms with E-state index in [2.05, 4.69) is 21.3 Å². The predicted molar refractivity (Wildman–Crippen MR) is 347 cm³/mol. The molecule has 1 aromatic rings. The first-order chi connectivity index (χ1) is 44.3. The maximum Gasteiger partial charge on any atom is 0.417 e. The monoisotopic (exact) mass is 1340 g/mol. The Morgan fingerprint density at radius 1 is 0.638 bits per heavy atom. The number of nitrogens with zero attached hydrogens (tertiary/aromatic N) is 7. The van der Waals surface area contributed by atoms with Crippen LogP contribution in [-0.4, -0.2) is 214 Å². The van der Waals surface area contributed by atoms with Crippen LogP contribution >= 0.6 is 11.6 Å². The summed E-state index contributed by atoms with van der Waals surface area (Å²) in [5.41, 5.74) is -2.22. The molecule has 26 heteroatoms. The van der Waals surface area contributed by atoms with Gasteiger partial charge in [-0.2, -0.15) is 13.2 Å². The molecule has 1 aromatic carbocycles. The van der Waals surface area contributed by atoms with Gasteiger partial charge in [0.2, 0.25) is 65.0 Å². The smallest absolute Gasteiger partial charge is 0.351 e. The number of rotatable bonds is 10. The number of carbonyl (C=O) groups is 11. The van der Waals surface area contributed by atoms with Gasteiger partial charge in [-0.05, 0) is 126 Å². The molecule has 3 aliphatic heterocycles. The quantitative estimate of drug-likeness (QED) is 0.204. The van der Waals surface area contributed by atoms with Gasteiger partial charge in [0.05, 0.1) is 17.1 Å². The molecular weight excluding hydrogens is 1240 g/mol. The summed E-state index contributed by atoms with van der Waals surface area (Å²) in [5, 5.41) is 11.2. The molecule has 1 spiro atoms. The molecule has 6 aliphatic rings. The molecule has 4 N–H and O–H groups in total. The average Bonchev–Trinajstić information content (AvgIpc) is 1.02. The average molecular weight is 1340 g/mol. The topological polar surface area (TPSA) is 259 Å². The van der Waals surface area contributed by atoms with Gasteiger partial charge in [-0.15, -0.1) is 0 Å². The van der Waals surface area contributed by atoms with Crippen molar-refractivity contribution in [3.05, 3.63) is 34.3 Å². The minimum atomic E-state index is -4.74. The number of carbonyl (C=O) groups excluding carboxylic acids is 11. The van der Waals surface area contributed by atoms with Gasteiger partial charge in [0.1, 0.15) is 53.9 Å². The summed E-state index contributed by atoms with van der Waals surface area (Å²) >= 11 is 6.14. The number of amides is 11. The lowest BCUT2D eigenvalue weighted by Crippen LogP contribution is -2.65. The highest BCUT2D eigenvalue weighted by molar-refractivity contribution is 6.31. The van der Waals surface area contributed by atoms with Gasteiger partial charge in [-0.1, -0.05) is 110 Å². The molecule has 94 heavy (non-hydrogen) atoms. The Kier molecular flexibility index (Phi) is 25.9. The van der Waals surface area contributed by atoms with Gasteiger partial charge in [-0.25, -0.2) is 0 Å². The Hall–Kier alpha value is -6.53. The summed E-state index contributed by atoms with van der Waals surface area (Å²) in [6, 6.07) is -6.53. The van der Waals surface area contributed by atoms with E-state index < -0.39 is 154 Å². The van der Waals surface area contributed by atoms with Crippen LogP contribution in [0.15, 0.2) is 18.2 Å². The third-order valence-electron chi connectivity index (χ3n) is 21.1. The fourth-order valence-corrected chi connectivity index (χ4v) is 15.3. The number of fused-ring (bicyclic) bond motifs is 2. The van der Waals surface area contributed by atoms with Crippen LogP contribution in [0.2, 0.25) is 5.02 Å². The first kappa shape index (κ1) is 74.9. The summed E-state index contributed by atoms with van der Waals surface area (Å²) in [7, 11) is 7.40. The number of hydrogen-bond acceptors (Lipinski definition) is 11. The van der Waals surface area contributed by atoms with E-state index in [0.717, 1.165) is 62.0 Å². The van der Waals surface area contributed by atoms with Crippen LogP contribution < -0.4 is 21.3 Å². The molecule has 0 radical (unpaired) electrons. The number of nitrogens with one attached hydrogen (secondary N) is 4. The molecule has 22 nitrogen and oxygen atoms in total. The molecule has 3 saturated heterocycles. The zero-order valence-corrected chi connectivity index (χ0v) is 57.8. The molecule has 11 amide bonds. The van der Waals surface area contributed by atoms with E-state index in [1.54, 1.807) is 20.9 Å². The largest absolute Gasteiger partial charge is 0.417 e. The second kappa shape index (κ2) is 32.5. The molecular formula is C68H103ClF3N11O11. The van der Waals surface area contributed by atoms with Crippen molar-refractivity contribution in [2.45, 2.75) is 249 Å². The molecule has 3 heterocycles. The number of benzene rings is 1. The Morgan fingerprint density at radius 3 is 1.87 bits per heavy atom. The highest BCUT2D eigenvalue weighted by Gasteiger charge is 2.51. The third kappa shape index (κ3) is 17.7. The van der Waals surface area contributed by atoms with Crippen molar-refractivity contribution in [2.75, 3.05) is 54.9 Å². The molecule has 3 saturated carbocycles. The highest BCUT2D eigenvalue weighted by Crippen LogP contribution is 2.38. The first-order valence-corrected chi connectivity index (χ1v) is 34.7. The standard InChI is InChI=1S/C68H103ClF3N11O11/c1-12-41(4)56-65(93)78(8)43(6)61(89)83-34-30-51(83)64(92)80(10)53(38-44-21-14-13-15-22-44)63(91)77(7)39-54(84)74-49(29-27-45-26-28-47(48(69)37-45)68(70,71)72)62(90)82-33-20-25-50(82)59(87)76-67(31-18-19-32-67)66(94)81(11)57(46-23-16-17-24-46)60(88)73-42(5)36-55(85)79(9)52(35-40(2)3)58(86)75-56/h26,28,37,40-44,46,49-53,56-57H,12-25,27,29-36,38-39H2,1-11H3,(H,73,88)(H,74,84)(H,75,86)(H,76,87)/t41-,42+,43-,49-,50-,51-,52-,53-,56-,57-/m0/s1. The predicted octanol–water partition coefficient (Wildman–Crippen LogP) is 6.23. The number of likely N-dealkylation sites (N-methyl/N-ethyl adjacent to an activating group) is 5. The maximum absolute atomic E-state index is 15.3. The van der Waals surface area contributed by atoms with Crippen molar-refractivity contribution in [3.63, 3.8) is 0 Å². The molecule has 10 atom stereocenters. The summed E-state index contributed by atoms with van der Waals surface area (Å²) < 4.78 is 41.5. The second-order valence-electron chi connectivity index (χ2n) is 28.3. The van der Waals surface area contributed by atoms with E-state index >= 15 is 9.59 Å². The maximum atomic E-state index is 15.3. The van der Waals surface area contributed by atoms with Crippen LogP contribution in [0.1, 0.15) is 188 Å². The van der Waals surface area contributed by atoms with Gasteiger partial charge >= 0.3 is 6.18 Å². The molecule has 7 rings (SSSR count). The van der Waals surface area contributed by atoms with Crippen molar-refractivity contribution in [3.8, 4) is 0 Å². The lowest BCUT2D eigenvalue weighted by molar-refractivity contribution is -0.160. The summed E-state index contributed by atoms with van der Waals surface area (Å²) in [6.07, 6.45) is 5.42. The molecule has 0 unspecified atom stereocenters. The molecule has 3 aliphatic carbocycles. The molecule has 6 fully saturated rings. The Morgan fingerprint density at radius 2 is 1.28 bits per heavy atom. The lowest BCUT2D eigenvalue weighted by atomic mass is 9.84. The Balaban J connectivity index is 1.24. The third-order valence-corrected chi connectivity index (χ3v) is 21.4. The Labute approximate surface area is 557 Å². The zero-order valence-electron chi connectivity index (χ0n) is 57.0. The van der Waals surface area contributed by atoms with Gasteiger partial charge < -0.3 is 55.6 Å². The SMILES string of the molecule is CC[C@H](C)[C@@H]1NC(=O)[C@H](CC(C)C)N(C)C(=O)C[C@@H](C)NC(=O)[C@H](C2CCCC2)N(C)C(=O)C2(CCCC2)NC(=O)[C@@H]2CCCN2C(=O)[C@H](CCc2ccc(C(F)(F)F)c(Cl)c2)NC(=O)CN(C)C(=O)[C@H](CC2CCCCC2)N(C)C(=O)[C@@H]2CCN2C(=O)[C@H](C)N(C)C1=O. The minimum Gasteiger partial charge on any atom is -0.351 e. The normalized spacial score (nSPS) is 28.7. The van der Waals surface area contributed by atoms with E-state index in [1.165, 1.54) is 70.6 Å². The van der Waals surface area contributed by atoms with Crippen LogP contribution in [-0.2, 0) is 65.3 Å². The van der Waals surface area contributed by atoms with Crippen molar-refractivity contribution in [1.29, 1.82) is 0 Å². The minimum absolute atomic E-state index is 0.0400. The van der Waals surface area contributed by atoms with Crippen molar-refractivity contribution >= 4 is 76.6 Å². The fourth-order valence-electron chi connectivity index (χ4n) is 15.0. The van der Waals surface area contributed by atoms with E-state index in [9.17, 15) is 56.3 Å². The van der Waals surface area contributed by atoms with E-state index in [1.807, 2.05) is 20.8 Å². The highest BCUT2D eigenvalue weighted by atomic mass is 35.5. The Bertz CT molecular complexity index is 2940.